The fraction of sp³-hybridized carbons (Fsp3) is 0.111. The summed E-state index contributed by atoms with van der Waals surface area (Å²) < 4.78 is 2.73. The SMILES string of the molecule is C=CCn1c(SCC(=O)Nc2ccccc2Br)nnc1-c1ccccn1. The van der Waals surface area contributed by atoms with Crippen molar-refractivity contribution >= 4 is 39.3 Å². The number of carbonyl (C=O) groups excluding carboxylic acids is 1. The summed E-state index contributed by atoms with van der Waals surface area (Å²) in [5.41, 5.74) is 1.46. The number of nitrogens with zero attached hydrogens (tertiary/aromatic N) is 4. The molecule has 0 aliphatic heterocycles. The standard InChI is InChI=1S/C18H16BrN5OS/c1-2-11-24-17(15-9-5-6-10-20-15)22-23-18(24)26-12-16(25)21-14-8-4-3-7-13(14)19/h2-10H,1,11-12H2,(H,21,25). The number of amides is 1. The van der Waals surface area contributed by atoms with E-state index in [0.717, 1.165) is 15.9 Å². The first-order valence-electron chi connectivity index (χ1n) is 7.81. The van der Waals surface area contributed by atoms with Crippen LogP contribution in [0.2, 0.25) is 0 Å². The number of allylic oxidation sites excluding steroid dienone is 1. The van der Waals surface area contributed by atoms with E-state index in [4.69, 9.17) is 0 Å². The van der Waals surface area contributed by atoms with Crippen molar-refractivity contribution in [3.05, 3.63) is 65.8 Å². The third kappa shape index (κ3) is 4.39. The van der Waals surface area contributed by atoms with Crippen LogP contribution < -0.4 is 5.32 Å². The zero-order chi connectivity index (χ0) is 18.4. The summed E-state index contributed by atoms with van der Waals surface area (Å²) >= 11 is 4.74. The maximum absolute atomic E-state index is 12.2. The first kappa shape index (κ1) is 18.3. The Kier molecular flexibility index (Phi) is 6.19. The van der Waals surface area contributed by atoms with Crippen LogP contribution in [-0.2, 0) is 11.3 Å². The average molecular weight is 430 g/mol. The molecule has 26 heavy (non-hydrogen) atoms. The van der Waals surface area contributed by atoms with E-state index < -0.39 is 0 Å². The molecule has 6 nitrogen and oxygen atoms in total. The quantitative estimate of drug-likeness (QED) is 0.453. The summed E-state index contributed by atoms with van der Waals surface area (Å²) in [6.45, 7) is 4.32. The molecule has 0 saturated heterocycles. The second kappa shape index (κ2) is 8.77. The van der Waals surface area contributed by atoms with Gasteiger partial charge in [-0.3, -0.25) is 14.3 Å². The Balaban J connectivity index is 1.72. The fourth-order valence-electron chi connectivity index (χ4n) is 2.25. The molecule has 2 heterocycles. The lowest BCUT2D eigenvalue weighted by Crippen LogP contribution is -2.15. The Morgan fingerprint density at radius 2 is 2.04 bits per heavy atom. The van der Waals surface area contributed by atoms with Gasteiger partial charge in [-0.1, -0.05) is 36.0 Å². The highest BCUT2D eigenvalue weighted by atomic mass is 79.9. The molecule has 3 rings (SSSR count). The van der Waals surface area contributed by atoms with E-state index >= 15 is 0 Å². The number of thioether (sulfide) groups is 1. The molecule has 0 aliphatic rings. The predicted octanol–water partition coefficient (Wildman–Crippen LogP) is 4.02. The van der Waals surface area contributed by atoms with Crippen LogP contribution in [0.4, 0.5) is 5.69 Å². The number of anilines is 1. The highest BCUT2D eigenvalue weighted by molar-refractivity contribution is 9.10. The second-order valence-corrected chi connectivity index (χ2v) is 7.03. The molecule has 0 atom stereocenters. The van der Waals surface area contributed by atoms with E-state index in [2.05, 4.69) is 43.0 Å². The van der Waals surface area contributed by atoms with Crippen LogP contribution in [0, 0.1) is 0 Å². The van der Waals surface area contributed by atoms with Gasteiger partial charge in [-0.25, -0.2) is 0 Å². The van der Waals surface area contributed by atoms with E-state index in [1.807, 2.05) is 47.0 Å². The highest BCUT2D eigenvalue weighted by Gasteiger charge is 2.15. The molecule has 0 unspecified atom stereocenters. The van der Waals surface area contributed by atoms with Crippen molar-refractivity contribution in [2.75, 3.05) is 11.1 Å². The minimum Gasteiger partial charge on any atom is -0.324 e. The molecule has 1 amide bonds. The maximum atomic E-state index is 12.2. The van der Waals surface area contributed by atoms with Crippen molar-refractivity contribution in [3.8, 4) is 11.5 Å². The Morgan fingerprint density at radius 3 is 2.77 bits per heavy atom. The zero-order valence-corrected chi connectivity index (χ0v) is 16.2. The predicted molar refractivity (Wildman–Crippen MR) is 107 cm³/mol. The number of benzene rings is 1. The lowest BCUT2D eigenvalue weighted by Gasteiger charge is -2.08. The smallest absolute Gasteiger partial charge is 0.234 e. The number of carbonyl (C=O) groups is 1. The maximum Gasteiger partial charge on any atom is 0.234 e. The molecular formula is C18H16BrN5OS. The van der Waals surface area contributed by atoms with E-state index in [1.165, 1.54) is 11.8 Å². The van der Waals surface area contributed by atoms with E-state index in [-0.39, 0.29) is 11.7 Å². The van der Waals surface area contributed by atoms with Gasteiger partial charge >= 0.3 is 0 Å². The number of pyridine rings is 1. The Labute approximate surface area is 163 Å². The van der Waals surface area contributed by atoms with Crippen molar-refractivity contribution in [2.45, 2.75) is 11.7 Å². The summed E-state index contributed by atoms with van der Waals surface area (Å²) in [5, 5.41) is 12.0. The number of hydrogen-bond acceptors (Lipinski definition) is 5. The Bertz CT molecular complexity index is 913. The van der Waals surface area contributed by atoms with Crippen molar-refractivity contribution in [2.24, 2.45) is 0 Å². The van der Waals surface area contributed by atoms with Gasteiger partial charge in [0.25, 0.3) is 0 Å². The average Bonchev–Trinajstić information content (AvgIpc) is 3.06. The normalized spacial score (nSPS) is 10.5. The molecule has 132 valence electrons. The molecule has 8 heteroatoms. The van der Waals surface area contributed by atoms with Gasteiger partial charge in [0.15, 0.2) is 11.0 Å². The third-order valence-corrected chi connectivity index (χ3v) is 5.06. The van der Waals surface area contributed by atoms with E-state index in [9.17, 15) is 4.79 Å². The molecule has 1 N–H and O–H groups in total. The molecule has 1 aromatic carbocycles. The molecule has 0 saturated carbocycles. The van der Waals surface area contributed by atoms with Crippen LogP contribution in [0.5, 0.6) is 0 Å². The van der Waals surface area contributed by atoms with Gasteiger partial charge in [-0.15, -0.1) is 16.8 Å². The summed E-state index contributed by atoms with van der Waals surface area (Å²) in [6, 6.07) is 13.1. The lowest BCUT2D eigenvalue weighted by molar-refractivity contribution is -0.113. The van der Waals surface area contributed by atoms with Gasteiger partial charge in [0.1, 0.15) is 5.69 Å². The third-order valence-electron chi connectivity index (χ3n) is 3.40. The number of halogens is 1. The lowest BCUT2D eigenvalue weighted by atomic mass is 10.3. The van der Waals surface area contributed by atoms with Crippen molar-refractivity contribution in [1.82, 2.24) is 19.7 Å². The first-order valence-corrected chi connectivity index (χ1v) is 9.59. The van der Waals surface area contributed by atoms with Gasteiger partial charge in [0.05, 0.1) is 11.4 Å². The number of rotatable bonds is 7. The number of para-hydroxylation sites is 1. The summed E-state index contributed by atoms with van der Waals surface area (Å²) in [4.78, 5) is 16.6. The number of hydrogen-bond donors (Lipinski definition) is 1. The Hall–Kier alpha value is -2.45. The van der Waals surface area contributed by atoms with Crippen LogP contribution in [0.25, 0.3) is 11.5 Å². The van der Waals surface area contributed by atoms with Crippen LogP contribution >= 0.6 is 27.7 Å². The summed E-state index contributed by atoms with van der Waals surface area (Å²) in [7, 11) is 0. The van der Waals surface area contributed by atoms with Gasteiger partial charge in [0.2, 0.25) is 5.91 Å². The molecule has 3 aromatic rings. The molecule has 0 radical (unpaired) electrons. The molecular weight excluding hydrogens is 414 g/mol. The molecule has 0 aliphatic carbocycles. The van der Waals surface area contributed by atoms with E-state index in [0.29, 0.717) is 17.5 Å². The monoisotopic (exact) mass is 429 g/mol. The molecule has 0 spiro atoms. The van der Waals surface area contributed by atoms with Crippen LogP contribution in [0.15, 0.2) is 70.9 Å². The Morgan fingerprint density at radius 1 is 1.23 bits per heavy atom. The minimum absolute atomic E-state index is 0.116. The fourth-order valence-corrected chi connectivity index (χ4v) is 3.38. The van der Waals surface area contributed by atoms with Gasteiger partial charge in [0, 0.05) is 17.2 Å². The first-order chi connectivity index (χ1) is 12.7. The van der Waals surface area contributed by atoms with Crippen molar-refractivity contribution < 1.29 is 4.79 Å². The summed E-state index contributed by atoms with van der Waals surface area (Å²) in [6.07, 6.45) is 3.47. The van der Waals surface area contributed by atoms with Gasteiger partial charge < -0.3 is 5.32 Å². The topological polar surface area (TPSA) is 72.7 Å². The molecule has 0 fully saturated rings. The van der Waals surface area contributed by atoms with Crippen molar-refractivity contribution in [3.63, 3.8) is 0 Å². The van der Waals surface area contributed by atoms with Crippen LogP contribution in [0.3, 0.4) is 0 Å². The van der Waals surface area contributed by atoms with Gasteiger partial charge in [-0.05, 0) is 40.2 Å². The molecule has 0 bridgehead atoms. The van der Waals surface area contributed by atoms with Crippen molar-refractivity contribution in [1.29, 1.82) is 0 Å². The second-order valence-electron chi connectivity index (χ2n) is 5.24. The van der Waals surface area contributed by atoms with E-state index in [1.54, 1.807) is 12.3 Å². The largest absolute Gasteiger partial charge is 0.324 e. The minimum atomic E-state index is -0.116. The summed E-state index contributed by atoms with van der Waals surface area (Å²) in [5.74, 6) is 0.757. The van der Waals surface area contributed by atoms with Gasteiger partial charge in [-0.2, -0.15) is 0 Å². The van der Waals surface area contributed by atoms with Crippen LogP contribution in [0.1, 0.15) is 0 Å². The number of nitrogens with one attached hydrogen (secondary N) is 1. The highest BCUT2D eigenvalue weighted by Crippen LogP contribution is 2.24. The zero-order valence-electron chi connectivity index (χ0n) is 13.8. The van der Waals surface area contributed by atoms with Crippen LogP contribution in [-0.4, -0.2) is 31.4 Å². The molecule has 2 aromatic heterocycles. The number of aromatic nitrogens is 4.